The Morgan fingerprint density at radius 3 is 2.68 bits per heavy atom. The van der Waals surface area contributed by atoms with Gasteiger partial charge >= 0.3 is 0 Å². The lowest BCUT2D eigenvalue weighted by Gasteiger charge is -1.99. The largest absolute Gasteiger partial charge is 0.271 e. The van der Waals surface area contributed by atoms with Crippen LogP contribution >= 0.6 is 11.3 Å². The molecular formula is C17H12N2O2S. The molecule has 0 bridgehead atoms. The number of hydrogen-bond donors (Lipinski definition) is 0. The average Bonchev–Trinajstić information content (AvgIpc) is 3.08. The number of hydrogen-bond acceptors (Lipinski definition) is 4. The number of thiophene rings is 1. The van der Waals surface area contributed by atoms with Gasteiger partial charge in [-0.3, -0.25) is 15.1 Å². The van der Waals surface area contributed by atoms with Gasteiger partial charge in [-0.1, -0.05) is 30.3 Å². The molecule has 0 atom stereocenters. The fourth-order valence-electron chi connectivity index (χ4n) is 2.05. The van der Waals surface area contributed by atoms with Crippen molar-refractivity contribution < 1.29 is 4.92 Å². The molecule has 0 fully saturated rings. The van der Waals surface area contributed by atoms with Crippen molar-refractivity contribution in [3.63, 3.8) is 0 Å². The second-order valence-corrected chi connectivity index (χ2v) is 5.59. The molecular weight excluding hydrogens is 296 g/mol. The van der Waals surface area contributed by atoms with E-state index in [1.807, 2.05) is 29.6 Å². The number of nitro groups is 1. The summed E-state index contributed by atoms with van der Waals surface area (Å²) in [5.74, 6) is 0. The molecule has 2 aromatic carbocycles. The van der Waals surface area contributed by atoms with Crippen LogP contribution in [0.3, 0.4) is 0 Å². The van der Waals surface area contributed by atoms with Crippen LogP contribution in [-0.2, 0) is 0 Å². The summed E-state index contributed by atoms with van der Waals surface area (Å²) in [6.45, 7) is 0. The standard InChI is InChI=1S/C17H12N2O2S/c20-19(21)16-7-2-6-15(11-16)18-12-13-4-1-5-14(10-13)17-8-3-9-22-17/h1-12H. The lowest BCUT2D eigenvalue weighted by atomic mass is 10.1. The van der Waals surface area contributed by atoms with E-state index in [-0.39, 0.29) is 5.69 Å². The quantitative estimate of drug-likeness (QED) is 0.383. The molecule has 0 aliphatic rings. The second-order valence-electron chi connectivity index (χ2n) is 4.64. The maximum absolute atomic E-state index is 10.8. The molecule has 0 saturated heterocycles. The summed E-state index contributed by atoms with van der Waals surface area (Å²) in [6.07, 6.45) is 1.72. The summed E-state index contributed by atoms with van der Waals surface area (Å²) in [6, 6.07) is 18.4. The first kappa shape index (κ1) is 14.2. The van der Waals surface area contributed by atoms with Crippen LogP contribution in [0.1, 0.15) is 5.56 Å². The van der Waals surface area contributed by atoms with Gasteiger partial charge in [0.05, 0.1) is 10.6 Å². The Morgan fingerprint density at radius 1 is 1.05 bits per heavy atom. The van der Waals surface area contributed by atoms with Crippen molar-refractivity contribution in [2.45, 2.75) is 0 Å². The van der Waals surface area contributed by atoms with Crippen molar-refractivity contribution in [2.75, 3.05) is 0 Å². The van der Waals surface area contributed by atoms with Crippen LogP contribution < -0.4 is 0 Å². The zero-order valence-electron chi connectivity index (χ0n) is 11.5. The molecule has 0 amide bonds. The van der Waals surface area contributed by atoms with Gasteiger partial charge in [-0.25, -0.2) is 0 Å². The summed E-state index contributed by atoms with van der Waals surface area (Å²) < 4.78 is 0. The molecule has 0 radical (unpaired) electrons. The number of aliphatic imine (C=N–C) groups is 1. The van der Waals surface area contributed by atoms with Crippen LogP contribution in [0, 0.1) is 10.1 Å². The van der Waals surface area contributed by atoms with E-state index in [1.54, 1.807) is 29.7 Å². The Bertz CT molecular complexity index is 826. The van der Waals surface area contributed by atoms with Gasteiger partial charge in [0.25, 0.3) is 5.69 Å². The third-order valence-corrected chi connectivity index (χ3v) is 4.01. The molecule has 0 aliphatic carbocycles. The van der Waals surface area contributed by atoms with Gasteiger partial charge in [0.1, 0.15) is 0 Å². The zero-order chi connectivity index (χ0) is 15.4. The summed E-state index contributed by atoms with van der Waals surface area (Å²) in [4.78, 5) is 15.9. The first-order valence-electron chi connectivity index (χ1n) is 6.65. The van der Waals surface area contributed by atoms with E-state index < -0.39 is 4.92 Å². The third kappa shape index (κ3) is 3.27. The molecule has 108 valence electrons. The minimum Gasteiger partial charge on any atom is -0.258 e. The molecule has 0 N–H and O–H groups in total. The molecule has 0 unspecified atom stereocenters. The van der Waals surface area contributed by atoms with Gasteiger partial charge in [-0.2, -0.15) is 0 Å². The average molecular weight is 308 g/mol. The smallest absolute Gasteiger partial charge is 0.258 e. The van der Waals surface area contributed by atoms with E-state index in [2.05, 4.69) is 17.1 Å². The Kier molecular flexibility index (Phi) is 4.07. The normalized spacial score (nSPS) is 10.9. The van der Waals surface area contributed by atoms with E-state index >= 15 is 0 Å². The van der Waals surface area contributed by atoms with Crippen molar-refractivity contribution in [3.05, 3.63) is 81.7 Å². The molecule has 0 spiro atoms. The first-order valence-corrected chi connectivity index (χ1v) is 7.53. The van der Waals surface area contributed by atoms with Crippen LogP contribution in [0.15, 0.2) is 71.0 Å². The third-order valence-electron chi connectivity index (χ3n) is 3.10. The molecule has 0 aliphatic heterocycles. The van der Waals surface area contributed by atoms with E-state index in [0.717, 1.165) is 11.1 Å². The highest BCUT2D eigenvalue weighted by Crippen LogP contribution is 2.25. The number of rotatable bonds is 4. The fourth-order valence-corrected chi connectivity index (χ4v) is 2.77. The van der Waals surface area contributed by atoms with Crippen molar-refractivity contribution in [3.8, 4) is 10.4 Å². The topological polar surface area (TPSA) is 55.5 Å². The van der Waals surface area contributed by atoms with Gasteiger partial charge < -0.3 is 0 Å². The van der Waals surface area contributed by atoms with Crippen molar-refractivity contribution in [2.24, 2.45) is 4.99 Å². The van der Waals surface area contributed by atoms with E-state index in [4.69, 9.17) is 0 Å². The van der Waals surface area contributed by atoms with Crippen molar-refractivity contribution in [1.29, 1.82) is 0 Å². The SMILES string of the molecule is O=[N+]([O-])c1cccc(N=Cc2cccc(-c3cccs3)c2)c1. The van der Waals surface area contributed by atoms with E-state index in [9.17, 15) is 10.1 Å². The molecule has 3 aromatic rings. The Labute approximate surface area is 131 Å². The highest BCUT2D eigenvalue weighted by atomic mass is 32.1. The highest BCUT2D eigenvalue weighted by Gasteiger charge is 2.04. The maximum atomic E-state index is 10.8. The van der Waals surface area contributed by atoms with E-state index in [1.165, 1.54) is 17.0 Å². The predicted octanol–water partition coefficient (Wildman–Crippen LogP) is 5.07. The van der Waals surface area contributed by atoms with Crippen LogP contribution in [0.4, 0.5) is 11.4 Å². The van der Waals surface area contributed by atoms with Crippen LogP contribution in [0.2, 0.25) is 0 Å². The Hall–Kier alpha value is -2.79. The first-order chi connectivity index (χ1) is 10.7. The molecule has 3 rings (SSSR count). The van der Waals surface area contributed by atoms with E-state index in [0.29, 0.717) is 5.69 Å². The van der Waals surface area contributed by atoms with Crippen LogP contribution in [0.25, 0.3) is 10.4 Å². The molecule has 5 heteroatoms. The monoisotopic (exact) mass is 308 g/mol. The number of nitro benzene ring substituents is 1. The van der Waals surface area contributed by atoms with Gasteiger partial charge in [-0.05, 0) is 34.7 Å². The lowest BCUT2D eigenvalue weighted by molar-refractivity contribution is -0.384. The van der Waals surface area contributed by atoms with Crippen LogP contribution in [0.5, 0.6) is 0 Å². The van der Waals surface area contributed by atoms with Gasteiger partial charge in [0, 0.05) is 23.2 Å². The minimum atomic E-state index is -0.420. The number of nitrogens with zero attached hydrogens (tertiary/aromatic N) is 2. The van der Waals surface area contributed by atoms with Crippen molar-refractivity contribution in [1.82, 2.24) is 0 Å². The summed E-state index contributed by atoms with van der Waals surface area (Å²) in [5.41, 5.74) is 2.70. The van der Waals surface area contributed by atoms with Gasteiger partial charge in [-0.15, -0.1) is 11.3 Å². The Balaban J connectivity index is 1.85. The molecule has 0 saturated carbocycles. The summed E-state index contributed by atoms with van der Waals surface area (Å²) >= 11 is 1.68. The number of non-ortho nitro benzene ring substituents is 1. The molecule has 22 heavy (non-hydrogen) atoms. The van der Waals surface area contributed by atoms with Gasteiger partial charge in [0.15, 0.2) is 0 Å². The summed E-state index contributed by atoms with van der Waals surface area (Å²) in [7, 11) is 0. The van der Waals surface area contributed by atoms with Crippen LogP contribution in [-0.4, -0.2) is 11.1 Å². The molecule has 1 aromatic heterocycles. The minimum absolute atomic E-state index is 0.0435. The summed E-state index contributed by atoms with van der Waals surface area (Å²) in [5, 5.41) is 12.8. The highest BCUT2D eigenvalue weighted by molar-refractivity contribution is 7.13. The predicted molar refractivity (Wildman–Crippen MR) is 90.1 cm³/mol. The second kappa shape index (κ2) is 6.32. The maximum Gasteiger partial charge on any atom is 0.271 e. The zero-order valence-corrected chi connectivity index (χ0v) is 12.4. The molecule has 4 nitrogen and oxygen atoms in total. The molecule has 1 heterocycles. The lowest BCUT2D eigenvalue weighted by Crippen LogP contribution is -1.86. The van der Waals surface area contributed by atoms with Gasteiger partial charge in [0.2, 0.25) is 0 Å². The van der Waals surface area contributed by atoms with Crippen molar-refractivity contribution >= 4 is 28.9 Å². The number of benzene rings is 2. The Morgan fingerprint density at radius 2 is 1.91 bits per heavy atom. The fraction of sp³-hybridized carbons (Fsp3) is 0.